The van der Waals surface area contributed by atoms with E-state index >= 15 is 0 Å². The third-order valence-electron chi connectivity index (χ3n) is 6.70. The maximum Gasteiger partial charge on any atom is 0.138 e. The predicted molar refractivity (Wildman–Crippen MR) is 133 cm³/mol. The molecule has 8 nitrogen and oxygen atoms in total. The molecule has 0 amide bonds. The molecule has 1 aliphatic heterocycles. The lowest BCUT2D eigenvalue weighted by Crippen LogP contribution is -2.45. The van der Waals surface area contributed by atoms with Crippen LogP contribution >= 0.6 is 0 Å². The second-order valence-corrected chi connectivity index (χ2v) is 8.96. The lowest BCUT2D eigenvalue weighted by molar-refractivity contribution is 0.00818. The molecule has 4 aromatic rings. The van der Waals surface area contributed by atoms with E-state index in [0.717, 1.165) is 54.0 Å². The Morgan fingerprint density at radius 3 is 2.71 bits per heavy atom. The predicted octanol–water partition coefficient (Wildman–Crippen LogP) is 4.03. The van der Waals surface area contributed by atoms with Crippen molar-refractivity contribution in [3.8, 4) is 22.9 Å². The van der Waals surface area contributed by atoms with Gasteiger partial charge < -0.3 is 14.7 Å². The molecule has 8 heteroatoms. The van der Waals surface area contributed by atoms with Gasteiger partial charge in [0, 0.05) is 42.8 Å². The molecular weight excluding hydrogens is 440 g/mol. The Labute approximate surface area is 204 Å². The van der Waals surface area contributed by atoms with Gasteiger partial charge >= 0.3 is 0 Å². The summed E-state index contributed by atoms with van der Waals surface area (Å²) in [5.74, 6) is 1.57. The van der Waals surface area contributed by atoms with E-state index in [1.807, 2.05) is 43.6 Å². The minimum absolute atomic E-state index is 0.508. The molecule has 0 unspecified atom stereocenters. The number of aryl methyl sites for hydroxylation is 1. The zero-order valence-corrected chi connectivity index (χ0v) is 19.8. The Morgan fingerprint density at radius 1 is 1.17 bits per heavy atom. The number of rotatable bonds is 7. The number of nitriles is 1. The number of piperidine rings is 1. The summed E-state index contributed by atoms with van der Waals surface area (Å²) in [6.45, 7) is 3.98. The van der Waals surface area contributed by atoms with Gasteiger partial charge in [0.25, 0.3) is 0 Å². The highest BCUT2D eigenvalue weighted by atomic mass is 16.5. The maximum absolute atomic E-state index is 11.1. The second-order valence-electron chi connectivity index (χ2n) is 8.96. The molecule has 1 saturated heterocycles. The van der Waals surface area contributed by atoms with Gasteiger partial charge in [-0.15, -0.1) is 0 Å². The molecule has 0 saturated carbocycles. The standard InChI is InChI=1S/C27H28N6O2/c1-2-35-23-14-24(26-22(15-28)18-31-33(26)19-23)21-5-6-25(30-17-21)32-12-9-27(34,10-13-32)8-7-20-4-3-11-29-16-20/h3-6,11,14,16-19,34H,2,7-10,12-13H2,1H3. The number of nitrogens with zero attached hydrogens (tertiary/aromatic N) is 6. The van der Waals surface area contributed by atoms with Crippen LogP contribution in [0.1, 0.15) is 37.3 Å². The molecule has 35 heavy (non-hydrogen) atoms. The highest BCUT2D eigenvalue weighted by Crippen LogP contribution is 2.33. The number of fused-ring (bicyclic) bond motifs is 1. The highest BCUT2D eigenvalue weighted by molar-refractivity contribution is 5.85. The smallest absolute Gasteiger partial charge is 0.138 e. The highest BCUT2D eigenvalue weighted by Gasteiger charge is 2.32. The summed E-state index contributed by atoms with van der Waals surface area (Å²) in [7, 11) is 0. The van der Waals surface area contributed by atoms with Crippen LogP contribution in [0.5, 0.6) is 5.75 Å². The van der Waals surface area contributed by atoms with E-state index in [0.29, 0.717) is 30.8 Å². The fourth-order valence-electron chi connectivity index (χ4n) is 4.70. The van der Waals surface area contributed by atoms with Crippen molar-refractivity contribution in [2.24, 2.45) is 0 Å². The van der Waals surface area contributed by atoms with Crippen LogP contribution in [-0.4, -0.2) is 50.0 Å². The molecule has 1 aliphatic rings. The Balaban J connectivity index is 1.31. The average molecular weight is 469 g/mol. The van der Waals surface area contributed by atoms with E-state index in [2.05, 4.69) is 27.1 Å². The first-order chi connectivity index (χ1) is 17.1. The lowest BCUT2D eigenvalue weighted by atomic mass is 9.86. The summed E-state index contributed by atoms with van der Waals surface area (Å²) in [4.78, 5) is 11.1. The van der Waals surface area contributed by atoms with Gasteiger partial charge in [-0.3, -0.25) is 4.98 Å². The van der Waals surface area contributed by atoms with Crippen LogP contribution in [0.25, 0.3) is 16.6 Å². The first-order valence-corrected chi connectivity index (χ1v) is 12.0. The van der Waals surface area contributed by atoms with Gasteiger partial charge in [-0.05, 0) is 62.4 Å². The first kappa shape index (κ1) is 22.8. The quantitative estimate of drug-likeness (QED) is 0.437. The van der Waals surface area contributed by atoms with E-state index < -0.39 is 5.60 Å². The normalized spacial score (nSPS) is 15.2. The monoisotopic (exact) mass is 468 g/mol. The number of aliphatic hydroxyl groups is 1. The lowest BCUT2D eigenvalue weighted by Gasteiger charge is -2.39. The molecule has 178 valence electrons. The molecular formula is C27H28N6O2. The van der Waals surface area contributed by atoms with Crippen LogP contribution in [0.4, 0.5) is 5.82 Å². The van der Waals surface area contributed by atoms with Gasteiger partial charge in [-0.2, -0.15) is 10.4 Å². The molecule has 5 rings (SSSR count). The molecule has 0 aromatic carbocycles. The van der Waals surface area contributed by atoms with Gasteiger partial charge in [0.2, 0.25) is 0 Å². The summed E-state index contributed by atoms with van der Waals surface area (Å²) in [6, 6.07) is 12.2. The minimum Gasteiger partial charge on any atom is -0.492 e. The Kier molecular flexibility index (Phi) is 6.34. The molecule has 1 N–H and O–H groups in total. The number of hydrogen-bond donors (Lipinski definition) is 1. The zero-order chi connectivity index (χ0) is 24.3. The summed E-state index contributed by atoms with van der Waals surface area (Å²) < 4.78 is 7.39. The first-order valence-electron chi connectivity index (χ1n) is 12.0. The van der Waals surface area contributed by atoms with Crippen LogP contribution in [-0.2, 0) is 6.42 Å². The fourth-order valence-corrected chi connectivity index (χ4v) is 4.70. The number of aromatic nitrogens is 4. The van der Waals surface area contributed by atoms with Gasteiger partial charge in [-0.1, -0.05) is 6.07 Å². The summed E-state index contributed by atoms with van der Waals surface area (Å²) >= 11 is 0. The minimum atomic E-state index is -0.659. The van der Waals surface area contributed by atoms with Gasteiger partial charge in [0.1, 0.15) is 17.6 Å². The average Bonchev–Trinajstić information content (AvgIpc) is 3.32. The molecule has 1 fully saturated rings. The largest absolute Gasteiger partial charge is 0.492 e. The van der Waals surface area contributed by atoms with E-state index in [1.165, 1.54) is 0 Å². The van der Waals surface area contributed by atoms with Crippen LogP contribution in [0, 0.1) is 11.3 Å². The molecule has 0 bridgehead atoms. The second kappa shape index (κ2) is 9.72. The van der Waals surface area contributed by atoms with Gasteiger partial charge in [0.15, 0.2) is 0 Å². The van der Waals surface area contributed by atoms with Crippen molar-refractivity contribution in [1.29, 1.82) is 5.26 Å². The third-order valence-corrected chi connectivity index (χ3v) is 6.70. The number of anilines is 1. The van der Waals surface area contributed by atoms with Crippen molar-refractivity contribution in [2.75, 3.05) is 24.6 Å². The van der Waals surface area contributed by atoms with Crippen molar-refractivity contribution >= 4 is 11.3 Å². The van der Waals surface area contributed by atoms with Gasteiger partial charge in [-0.25, -0.2) is 9.50 Å². The molecule has 5 heterocycles. The van der Waals surface area contributed by atoms with Crippen LogP contribution in [0.2, 0.25) is 0 Å². The maximum atomic E-state index is 11.1. The van der Waals surface area contributed by atoms with Crippen LogP contribution in [0.15, 0.2) is 61.3 Å². The van der Waals surface area contributed by atoms with Crippen molar-refractivity contribution in [3.05, 3.63) is 72.4 Å². The van der Waals surface area contributed by atoms with Crippen molar-refractivity contribution in [3.63, 3.8) is 0 Å². The van der Waals surface area contributed by atoms with Crippen LogP contribution < -0.4 is 9.64 Å². The Morgan fingerprint density at radius 2 is 2.03 bits per heavy atom. The third kappa shape index (κ3) is 4.81. The van der Waals surface area contributed by atoms with Crippen molar-refractivity contribution in [1.82, 2.24) is 19.6 Å². The summed E-state index contributed by atoms with van der Waals surface area (Å²) in [5.41, 5.74) is 3.49. The number of ether oxygens (including phenoxy) is 1. The number of pyridine rings is 3. The molecule has 0 aliphatic carbocycles. The Hall–Kier alpha value is -3.96. The van der Waals surface area contributed by atoms with E-state index in [1.54, 1.807) is 23.1 Å². The van der Waals surface area contributed by atoms with E-state index in [4.69, 9.17) is 9.72 Å². The Bertz CT molecular complexity index is 1340. The molecule has 0 spiro atoms. The van der Waals surface area contributed by atoms with Gasteiger partial charge in [0.05, 0.1) is 35.7 Å². The van der Waals surface area contributed by atoms with Crippen molar-refractivity contribution < 1.29 is 9.84 Å². The van der Waals surface area contributed by atoms with Crippen molar-refractivity contribution in [2.45, 2.75) is 38.2 Å². The zero-order valence-electron chi connectivity index (χ0n) is 19.8. The molecule has 0 atom stereocenters. The SMILES string of the molecule is CCOc1cc(-c2ccc(N3CCC(O)(CCc4cccnc4)CC3)nc2)c2c(C#N)cnn2c1. The number of hydrogen-bond acceptors (Lipinski definition) is 7. The topological polar surface area (TPSA) is 99.6 Å². The molecule has 0 radical (unpaired) electrons. The summed E-state index contributed by atoms with van der Waals surface area (Å²) in [6.07, 6.45) is 11.8. The van der Waals surface area contributed by atoms with E-state index in [-0.39, 0.29) is 0 Å². The van der Waals surface area contributed by atoms with E-state index in [9.17, 15) is 10.4 Å². The fraction of sp³-hybridized carbons (Fsp3) is 0.333. The molecule has 4 aromatic heterocycles. The summed E-state index contributed by atoms with van der Waals surface area (Å²) in [5, 5.41) is 24.9. The van der Waals surface area contributed by atoms with Crippen LogP contribution in [0.3, 0.4) is 0 Å².